The predicted octanol–water partition coefficient (Wildman–Crippen LogP) is 3.71. The third-order valence-electron chi connectivity index (χ3n) is 2.95. The molecule has 1 aromatic heterocycles. The summed E-state index contributed by atoms with van der Waals surface area (Å²) in [6.07, 6.45) is 1.83. The molecule has 0 aliphatic carbocycles. The summed E-state index contributed by atoms with van der Waals surface area (Å²) in [5.74, 6) is 0.805. The van der Waals surface area contributed by atoms with Crippen LogP contribution in [0.25, 0.3) is 22.0 Å². The first-order valence-corrected chi connectivity index (χ1v) is 5.78. The Morgan fingerprint density at radius 1 is 1.05 bits per heavy atom. The summed E-state index contributed by atoms with van der Waals surface area (Å²) in [7, 11) is 1.65. The van der Waals surface area contributed by atoms with Gasteiger partial charge in [-0.3, -0.25) is 0 Å². The molecule has 3 aromatic rings. The van der Waals surface area contributed by atoms with E-state index in [1.54, 1.807) is 7.11 Å². The van der Waals surface area contributed by atoms with E-state index >= 15 is 0 Å². The van der Waals surface area contributed by atoms with Gasteiger partial charge in [-0.25, -0.2) is 0 Å². The normalized spacial score (nSPS) is 9.95. The van der Waals surface area contributed by atoms with Crippen LogP contribution in [-0.4, -0.2) is 12.1 Å². The standard InChI is InChI=1S/C16H12NO.Ir/c1-18-14-8-6-13(7-9-14)16-15-5-3-2-4-12(15)10-11-17-16;/h2-6,8-11H,1H3;/q-1;. The number of benzene rings is 2. The van der Waals surface area contributed by atoms with E-state index in [1.165, 1.54) is 5.39 Å². The summed E-state index contributed by atoms with van der Waals surface area (Å²) in [6, 6.07) is 19.2. The van der Waals surface area contributed by atoms with Crippen molar-refractivity contribution in [3.05, 3.63) is 60.8 Å². The van der Waals surface area contributed by atoms with Gasteiger partial charge in [-0.05, 0) is 22.5 Å². The van der Waals surface area contributed by atoms with E-state index in [0.29, 0.717) is 0 Å². The van der Waals surface area contributed by atoms with Crippen LogP contribution in [0.15, 0.2) is 54.7 Å². The molecule has 0 spiro atoms. The van der Waals surface area contributed by atoms with Gasteiger partial charge in [-0.1, -0.05) is 24.3 Å². The summed E-state index contributed by atoms with van der Waals surface area (Å²) in [4.78, 5) is 4.46. The molecule has 0 aliphatic heterocycles. The van der Waals surface area contributed by atoms with E-state index < -0.39 is 0 Å². The number of aromatic nitrogens is 1. The van der Waals surface area contributed by atoms with Crippen LogP contribution in [0.2, 0.25) is 0 Å². The fraction of sp³-hybridized carbons (Fsp3) is 0.0625. The molecule has 1 heterocycles. The Labute approximate surface area is 125 Å². The van der Waals surface area contributed by atoms with Crippen molar-refractivity contribution in [1.82, 2.24) is 4.98 Å². The molecular weight excluding hydrogens is 414 g/mol. The van der Waals surface area contributed by atoms with E-state index in [0.717, 1.165) is 22.4 Å². The first-order valence-electron chi connectivity index (χ1n) is 5.78. The zero-order chi connectivity index (χ0) is 12.4. The Kier molecular flexibility index (Phi) is 4.31. The summed E-state index contributed by atoms with van der Waals surface area (Å²) in [5.41, 5.74) is 1.93. The summed E-state index contributed by atoms with van der Waals surface area (Å²) in [5, 5.41) is 2.33. The molecule has 0 bridgehead atoms. The minimum absolute atomic E-state index is 0. The van der Waals surface area contributed by atoms with Crippen LogP contribution in [0.3, 0.4) is 0 Å². The SMILES string of the molecule is COc1c[c-]c(-c2nccc3ccccc23)cc1.[Ir]. The fourth-order valence-corrected chi connectivity index (χ4v) is 2.02. The zero-order valence-electron chi connectivity index (χ0n) is 10.4. The van der Waals surface area contributed by atoms with E-state index in [1.807, 2.05) is 42.6 Å². The minimum atomic E-state index is 0. The molecule has 1 radical (unpaired) electrons. The van der Waals surface area contributed by atoms with Crippen LogP contribution < -0.4 is 4.74 Å². The van der Waals surface area contributed by atoms with Gasteiger partial charge < -0.3 is 9.72 Å². The molecule has 3 rings (SSSR count). The molecule has 0 saturated carbocycles. The molecule has 0 saturated heterocycles. The third kappa shape index (κ3) is 2.67. The number of hydrogen-bond acceptors (Lipinski definition) is 2. The molecule has 0 aliphatic rings. The van der Waals surface area contributed by atoms with E-state index in [9.17, 15) is 0 Å². The monoisotopic (exact) mass is 427 g/mol. The molecule has 0 fully saturated rings. The van der Waals surface area contributed by atoms with Gasteiger partial charge in [0.05, 0.1) is 7.11 Å². The molecule has 0 unspecified atom stereocenters. The van der Waals surface area contributed by atoms with Crippen LogP contribution in [0.4, 0.5) is 0 Å². The Hall–Kier alpha value is -1.70. The molecule has 2 nitrogen and oxygen atoms in total. The van der Waals surface area contributed by atoms with Gasteiger partial charge in [-0.15, -0.1) is 29.8 Å². The van der Waals surface area contributed by atoms with Crippen molar-refractivity contribution in [2.24, 2.45) is 0 Å². The van der Waals surface area contributed by atoms with Gasteiger partial charge in [0, 0.05) is 32.1 Å². The molecule has 2 aromatic carbocycles. The quantitative estimate of drug-likeness (QED) is 0.583. The second-order valence-electron chi connectivity index (χ2n) is 4.02. The Morgan fingerprint density at radius 2 is 1.89 bits per heavy atom. The average molecular weight is 426 g/mol. The van der Waals surface area contributed by atoms with Crippen LogP contribution >= 0.6 is 0 Å². The second-order valence-corrected chi connectivity index (χ2v) is 4.02. The van der Waals surface area contributed by atoms with Crippen molar-refractivity contribution in [2.75, 3.05) is 7.11 Å². The van der Waals surface area contributed by atoms with Gasteiger partial charge in [0.15, 0.2) is 0 Å². The number of methoxy groups -OCH3 is 1. The van der Waals surface area contributed by atoms with Crippen LogP contribution in [-0.2, 0) is 20.1 Å². The van der Waals surface area contributed by atoms with Crippen LogP contribution in [0.1, 0.15) is 0 Å². The van der Waals surface area contributed by atoms with Crippen molar-refractivity contribution in [2.45, 2.75) is 0 Å². The maximum Gasteiger partial charge on any atom is 0.0647 e. The third-order valence-corrected chi connectivity index (χ3v) is 2.95. The van der Waals surface area contributed by atoms with Gasteiger partial charge in [-0.2, -0.15) is 0 Å². The Balaban J connectivity index is 0.00000133. The molecule has 0 N–H and O–H groups in total. The van der Waals surface area contributed by atoms with Crippen LogP contribution in [0.5, 0.6) is 5.75 Å². The fourth-order valence-electron chi connectivity index (χ4n) is 2.02. The van der Waals surface area contributed by atoms with E-state index in [4.69, 9.17) is 4.74 Å². The number of rotatable bonds is 2. The van der Waals surface area contributed by atoms with Crippen molar-refractivity contribution in [3.63, 3.8) is 0 Å². The first kappa shape index (κ1) is 13.7. The zero-order valence-corrected chi connectivity index (χ0v) is 12.8. The molecule has 0 atom stereocenters. The number of nitrogens with zero attached hydrogens (tertiary/aromatic N) is 1. The Bertz CT molecular complexity index is 674. The summed E-state index contributed by atoms with van der Waals surface area (Å²) in [6.45, 7) is 0. The minimum Gasteiger partial charge on any atom is -0.540 e. The van der Waals surface area contributed by atoms with Gasteiger partial charge in [0.2, 0.25) is 0 Å². The van der Waals surface area contributed by atoms with Gasteiger partial charge >= 0.3 is 0 Å². The Morgan fingerprint density at radius 3 is 2.63 bits per heavy atom. The molecule has 0 amide bonds. The molecular formula is C16H12IrNO-. The second kappa shape index (κ2) is 5.96. The maximum absolute atomic E-state index is 5.14. The average Bonchev–Trinajstić information content (AvgIpc) is 2.47. The van der Waals surface area contributed by atoms with Gasteiger partial charge in [0.1, 0.15) is 0 Å². The largest absolute Gasteiger partial charge is 0.540 e. The van der Waals surface area contributed by atoms with Crippen molar-refractivity contribution >= 4 is 10.8 Å². The predicted molar refractivity (Wildman–Crippen MR) is 72.6 cm³/mol. The number of fused-ring (bicyclic) bond motifs is 1. The molecule has 97 valence electrons. The number of hydrogen-bond donors (Lipinski definition) is 0. The van der Waals surface area contributed by atoms with Crippen molar-refractivity contribution in [3.8, 4) is 17.0 Å². The van der Waals surface area contributed by atoms with Crippen molar-refractivity contribution in [1.29, 1.82) is 0 Å². The first-order chi connectivity index (χ1) is 8.88. The summed E-state index contributed by atoms with van der Waals surface area (Å²) >= 11 is 0. The smallest absolute Gasteiger partial charge is 0.0647 e. The number of ether oxygens (including phenoxy) is 1. The van der Waals surface area contributed by atoms with Crippen molar-refractivity contribution < 1.29 is 24.8 Å². The van der Waals surface area contributed by atoms with E-state index in [2.05, 4.69) is 23.2 Å². The van der Waals surface area contributed by atoms with Crippen LogP contribution in [0, 0.1) is 6.07 Å². The number of pyridine rings is 1. The summed E-state index contributed by atoms with van der Waals surface area (Å²) < 4.78 is 5.14. The topological polar surface area (TPSA) is 22.1 Å². The molecule has 19 heavy (non-hydrogen) atoms. The molecule has 3 heteroatoms. The maximum atomic E-state index is 5.14. The van der Waals surface area contributed by atoms with Gasteiger partial charge in [0.25, 0.3) is 0 Å². The van der Waals surface area contributed by atoms with E-state index in [-0.39, 0.29) is 20.1 Å².